The Hall–Kier alpha value is -3.36. The summed E-state index contributed by atoms with van der Waals surface area (Å²) in [7, 11) is 0. The van der Waals surface area contributed by atoms with Gasteiger partial charge in [-0.15, -0.1) is 0 Å². The van der Waals surface area contributed by atoms with Gasteiger partial charge < -0.3 is 0 Å². The molecule has 172 valence electrons. The van der Waals surface area contributed by atoms with Gasteiger partial charge in [-0.25, -0.2) is 0 Å². The Morgan fingerprint density at radius 3 is 2.37 bits per heavy atom. The van der Waals surface area contributed by atoms with E-state index >= 15 is 0 Å². The molecule has 0 aliphatic heterocycles. The Morgan fingerprint density at radius 2 is 1.63 bits per heavy atom. The number of aromatic nitrogens is 1. The first-order chi connectivity index (χ1) is 17.0. The van der Waals surface area contributed by atoms with Crippen LogP contribution in [0.25, 0.3) is 40.8 Å². The van der Waals surface area contributed by atoms with Crippen molar-refractivity contribution >= 4 is 71.7 Å². The van der Waals surface area contributed by atoms with Gasteiger partial charge in [-0.3, -0.25) is 0 Å². The molecule has 0 aliphatic rings. The summed E-state index contributed by atoms with van der Waals surface area (Å²) < 4.78 is 3.89. The molecular weight excluding hydrogens is 519 g/mol. The van der Waals surface area contributed by atoms with E-state index in [1.54, 1.807) is 0 Å². The third-order valence-electron chi connectivity index (χ3n) is 6.78. The number of rotatable bonds is 3. The van der Waals surface area contributed by atoms with Crippen molar-refractivity contribution in [1.82, 2.24) is 4.57 Å². The van der Waals surface area contributed by atoms with Crippen LogP contribution in [0.2, 0.25) is 0 Å². The molecule has 0 spiro atoms. The Balaban J connectivity index is 1.83. The molecule has 6 aromatic rings. The number of hydrogen-bond acceptors (Lipinski definition) is 4. The molecule has 2 N–H and O–H groups in total. The van der Waals surface area contributed by atoms with Gasteiger partial charge in [0, 0.05) is 0 Å². The van der Waals surface area contributed by atoms with Crippen molar-refractivity contribution in [3.8, 4) is 11.8 Å². The first kappa shape index (κ1) is 22.1. The van der Waals surface area contributed by atoms with Crippen LogP contribution < -0.4 is 16.9 Å². The summed E-state index contributed by atoms with van der Waals surface area (Å²) in [4.78, 5) is 28.3. The molecule has 3 heterocycles. The minimum atomic E-state index is -0.213. The van der Waals surface area contributed by atoms with Crippen LogP contribution in [0.3, 0.4) is 0 Å². The molecule has 0 amide bonds. The van der Waals surface area contributed by atoms with Crippen LogP contribution in [-0.4, -0.2) is 19.1 Å². The second-order valence-corrected chi connectivity index (χ2v) is 12.0. The van der Waals surface area contributed by atoms with E-state index in [0.29, 0.717) is 10.8 Å². The molecular formula is C29H22N2O2SSe. The van der Waals surface area contributed by atoms with E-state index in [0.717, 1.165) is 48.7 Å². The summed E-state index contributed by atoms with van der Waals surface area (Å²) in [6.45, 7) is 4.04. The number of nitrogens with zero attached hydrogens (tertiary/aromatic N) is 1. The zero-order chi connectivity index (χ0) is 24.3. The number of pyridine rings is 1. The summed E-state index contributed by atoms with van der Waals surface area (Å²) >= 11 is 1.45. The van der Waals surface area contributed by atoms with Crippen molar-refractivity contribution in [2.45, 2.75) is 32.7 Å². The topological polar surface area (TPSA) is 65.1 Å². The molecule has 3 aromatic heterocycles. The van der Waals surface area contributed by atoms with Gasteiger partial charge in [0.15, 0.2) is 0 Å². The maximum absolute atomic E-state index is 13.8. The first-order valence-corrected chi connectivity index (χ1v) is 14.2. The number of hydrogen-bond donors (Lipinski definition) is 1. The van der Waals surface area contributed by atoms with Gasteiger partial charge >= 0.3 is 212 Å². The number of fused-ring (bicyclic) bond motifs is 2. The van der Waals surface area contributed by atoms with Crippen molar-refractivity contribution < 1.29 is 0 Å². The standard InChI is InChI=1S/C29H22N2O2SSe/c1-3-17(4-2)31-28(32)21-13-12-20-19-7-5-6-8-23(19)35-27-16(9-10-18-11-14-24(30)34-18)15-22(29(31)33)25(21)26(20)27/h5-8,11-15,17H,3-4,30H2,1-2H3. The van der Waals surface area contributed by atoms with Crippen LogP contribution in [-0.2, 0) is 0 Å². The number of anilines is 1. The molecule has 0 radical (unpaired) electrons. The van der Waals surface area contributed by atoms with Crippen LogP contribution >= 0.6 is 11.3 Å². The number of thiophene rings is 1. The molecule has 0 fully saturated rings. The molecule has 0 aliphatic carbocycles. The summed E-state index contributed by atoms with van der Waals surface area (Å²) in [6.07, 6.45) is 1.46. The Kier molecular flexibility index (Phi) is 5.30. The fourth-order valence-corrected chi connectivity index (χ4v) is 8.20. The Bertz CT molecular complexity index is 1950. The summed E-state index contributed by atoms with van der Waals surface area (Å²) in [5.41, 5.74) is 6.36. The number of nitrogens with two attached hydrogens (primary N) is 1. The molecule has 0 saturated heterocycles. The first-order valence-electron chi connectivity index (χ1n) is 11.7. The van der Waals surface area contributed by atoms with Gasteiger partial charge in [-0.2, -0.15) is 0 Å². The summed E-state index contributed by atoms with van der Waals surface area (Å²) in [6, 6.07) is 17.9. The molecule has 6 heteroatoms. The summed E-state index contributed by atoms with van der Waals surface area (Å²) in [5.74, 6) is 6.62. The predicted molar refractivity (Wildman–Crippen MR) is 149 cm³/mol. The average Bonchev–Trinajstić information content (AvgIpc) is 3.30. The average molecular weight is 542 g/mol. The van der Waals surface area contributed by atoms with Gasteiger partial charge in [0.05, 0.1) is 0 Å². The second-order valence-electron chi connectivity index (χ2n) is 8.71. The number of benzene rings is 3. The maximum atomic E-state index is 13.8. The van der Waals surface area contributed by atoms with Crippen molar-refractivity contribution in [2.75, 3.05) is 5.73 Å². The van der Waals surface area contributed by atoms with E-state index in [-0.39, 0.29) is 31.7 Å². The zero-order valence-electron chi connectivity index (χ0n) is 19.3. The SMILES string of the molecule is CCC(CC)n1c(=O)c2ccc3c4ccccc4[se]c4c(C#Cc5ccc(N)s5)cc(c1=O)c2c43. The Labute approximate surface area is 211 Å². The van der Waals surface area contributed by atoms with Crippen LogP contribution in [0.15, 0.2) is 64.2 Å². The van der Waals surface area contributed by atoms with Crippen molar-refractivity contribution in [3.63, 3.8) is 0 Å². The van der Waals surface area contributed by atoms with E-state index in [1.807, 2.05) is 44.2 Å². The predicted octanol–water partition coefficient (Wildman–Crippen LogP) is 5.72. The van der Waals surface area contributed by atoms with Crippen LogP contribution in [0.1, 0.15) is 43.2 Å². The van der Waals surface area contributed by atoms with Crippen LogP contribution in [0, 0.1) is 11.8 Å². The molecule has 35 heavy (non-hydrogen) atoms. The van der Waals surface area contributed by atoms with Crippen molar-refractivity contribution in [3.05, 3.63) is 85.7 Å². The van der Waals surface area contributed by atoms with E-state index in [4.69, 9.17) is 5.73 Å². The van der Waals surface area contributed by atoms with Gasteiger partial charge in [-0.1, -0.05) is 0 Å². The monoisotopic (exact) mass is 542 g/mol. The molecule has 0 unspecified atom stereocenters. The fraction of sp³-hybridized carbons (Fsp3) is 0.172. The van der Waals surface area contributed by atoms with Crippen molar-refractivity contribution in [1.29, 1.82) is 0 Å². The summed E-state index contributed by atoms with van der Waals surface area (Å²) in [5, 5.41) is 5.98. The number of nitrogen functional groups attached to an aromatic ring is 1. The van der Waals surface area contributed by atoms with Crippen LogP contribution in [0.5, 0.6) is 0 Å². The van der Waals surface area contributed by atoms with Crippen molar-refractivity contribution in [2.24, 2.45) is 0 Å². The molecule has 4 nitrogen and oxygen atoms in total. The third-order valence-corrected chi connectivity index (χ3v) is 10.1. The van der Waals surface area contributed by atoms with Gasteiger partial charge in [0.25, 0.3) is 0 Å². The Morgan fingerprint density at radius 1 is 0.886 bits per heavy atom. The third kappa shape index (κ3) is 3.35. The van der Waals surface area contributed by atoms with Gasteiger partial charge in [-0.05, 0) is 0 Å². The molecule has 0 bridgehead atoms. The second kappa shape index (κ2) is 8.39. The minimum absolute atomic E-state index is 0.00214. The van der Waals surface area contributed by atoms with Gasteiger partial charge in [0.2, 0.25) is 0 Å². The molecule has 0 atom stereocenters. The quantitative estimate of drug-likeness (QED) is 0.135. The molecule has 0 saturated carbocycles. The van der Waals surface area contributed by atoms with Crippen LogP contribution in [0.4, 0.5) is 5.00 Å². The molecule has 6 rings (SSSR count). The van der Waals surface area contributed by atoms with E-state index < -0.39 is 0 Å². The van der Waals surface area contributed by atoms with E-state index in [9.17, 15) is 9.59 Å². The zero-order valence-corrected chi connectivity index (χ0v) is 21.9. The fourth-order valence-electron chi connectivity index (χ4n) is 5.08. The van der Waals surface area contributed by atoms with E-state index in [2.05, 4.69) is 36.1 Å². The molecule has 3 aromatic carbocycles. The normalized spacial score (nSPS) is 11.7. The van der Waals surface area contributed by atoms with Gasteiger partial charge in [0.1, 0.15) is 0 Å². The van der Waals surface area contributed by atoms with E-state index in [1.165, 1.54) is 25.6 Å².